The fourth-order valence-corrected chi connectivity index (χ4v) is 0.789. The summed E-state index contributed by atoms with van der Waals surface area (Å²) < 4.78 is 0. The molecule has 0 saturated heterocycles. The molecule has 3 nitrogen and oxygen atoms in total. The summed E-state index contributed by atoms with van der Waals surface area (Å²) >= 11 is 0. The smallest absolute Gasteiger partial charge is 0.223 e. The summed E-state index contributed by atoms with van der Waals surface area (Å²) in [7, 11) is 0. The molecule has 11 heavy (non-hydrogen) atoms. The van der Waals surface area contributed by atoms with Crippen molar-refractivity contribution in [2.45, 2.75) is 19.8 Å². The van der Waals surface area contributed by atoms with E-state index in [4.69, 9.17) is 5.26 Å². The zero-order valence-corrected chi connectivity index (χ0v) is 6.63. The van der Waals surface area contributed by atoms with Crippen LogP contribution in [-0.4, -0.2) is 12.5 Å². The fraction of sp³-hybridized carbons (Fsp3) is 0.750. The van der Waals surface area contributed by atoms with Crippen molar-refractivity contribution in [2.24, 2.45) is 11.8 Å². The average molecular weight is 152 g/mol. The largest absolute Gasteiger partial charge is 0.355 e. The maximum Gasteiger partial charge on any atom is 0.223 e. The molecule has 1 N–H and O–H groups in total. The topological polar surface area (TPSA) is 52.9 Å². The first-order chi connectivity index (χ1) is 5.24. The molecule has 1 saturated carbocycles. The van der Waals surface area contributed by atoms with E-state index in [1.165, 1.54) is 0 Å². The minimum Gasteiger partial charge on any atom is -0.355 e. The van der Waals surface area contributed by atoms with Gasteiger partial charge in [0.1, 0.15) is 0 Å². The monoisotopic (exact) mass is 152 g/mol. The predicted octanol–water partition coefficient (Wildman–Crippen LogP) is 0.672. The summed E-state index contributed by atoms with van der Waals surface area (Å²) in [6.07, 6.45) is 2.04. The van der Waals surface area contributed by atoms with Gasteiger partial charge in [0.05, 0.1) is 12.0 Å². The van der Waals surface area contributed by atoms with Gasteiger partial charge in [-0.2, -0.15) is 5.26 Å². The first-order valence-corrected chi connectivity index (χ1v) is 3.91. The second kappa shape index (κ2) is 3.38. The van der Waals surface area contributed by atoms with E-state index >= 15 is 0 Å². The van der Waals surface area contributed by atoms with E-state index in [0.717, 1.165) is 12.8 Å². The number of amides is 1. The molecular formula is C8H12N2O. The van der Waals surface area contributed by atoms with E-state index in [9.17, 15) is 4.79 Å². The third-order valence-corrected chi connectivity index (χ3v) is 1.75. The van der Waals surface area contributed by atoms with Crippen LogP contribution in [0.1, 0.15) is 19.8 Å². The van der Waals surface area contributed by atoms with Gasteiger partial charge in [-0.3, -0.25) is 4.79 Å². The number of hydrogen-bond acceptors (Lipinski definition) is 2. The molecule has 1 rings (SSSR count). The van der Waals surface area contributed by atoms with Crippen molar-refractivity contribution in [3.8, 4) is 6.07 Å². The van der Waals surface area contributed by atoms with Crippen LogP contribution in [-0.2, 0) is 4.79 Å². The molecule has 1 amide bonds. The van der Waals surface area contributed by atoms with Crippen LogP contribution in [0.5, 0.6) is 0 Å². The summed E-state index contributed by atoms with van der Waals surface area (Å²) in [5.41, 5.74) is 0. The van der Waals surface area contributed by atoms with Gasteiger partial charge in [-0.1, -0.05) is 0 Å². The number of carbonyl (C=O) groups excluding carboxylic acids is 1. The Morgan fingerprint density at radius 3 is 2.91 bits per heavy atom. The van der Waals surface area contributed by atoms with Gasteiger partial charge in [0.2, 0.25) is 5.91 Å². The Kier molecular flexibility index (Phi) is 2.48. The number of hydrogen-bond donors (Lipinski definition) is 1. The lowest BCUT2D eigenvalue weighted by molar-refractivity contribution is -0.122. The summed E-state index contributed by atoms with van der Waals surface area (Å²) in [6, 6.07) is 2.06. The minimum absolute atomic E-state index is 0.0716. The Balaban J connectivity index is 2.11. The highest BCUT2D eigenvalue weighted by molar-refractivity contribution is 5.80. The molecule has 0 bridgehead atoms. The number of carbonyl (C=O) groups is 1. The summed E-state index contributed by atoms with van der Waals surface area (Å²) in [5, 5.41) is 11.1. The van der Waals surface area contributed by atoms with Crippen LogP contribution in [0.2, 0.25) is 0 Å². The molecule has 0 spiro atoms. The maximum absolute atomic E-state index is 11.0. The highest BCUT2D eigenvalue weighted by Crippen LogP contribution is 2.28. The quantitative estimate of drug-likeness (QED) is 0.646. The van der Waals surface area contributed by atoms with Crippen LogP contribution in [0.4, 0.5) is 0 Å². The SMILES string of the molecule is CC(C#N)CNC(=O)C1CC1. The molecule has 3 heteroatoms. The van der Waals surface area contributed by atoms with Crippen LogP contribution in [0, 0.1) is 23.2 Å². The molecule has 1 aliphatic carbocycles. The summed E-state index contributed by atoms with van der Waals surface area (Å²) in [4.78, 5) is 11.0. The number of nitrogens with zero attached hydrogens (tertiary/aromatic N) is 1. The third-order valence-electron chi connectivity index (χ3n) is 1.75. The molecule has 0 aliphatic heterocycles. The Bertz CT molecular complexity index is 191. The van der Waals surface area contributed by atoms with Crippen LogP contribution < -0.4 is 5.32 Å². The van der Waals surface area contributed by atoms with Crippen molar-refractivity contribution >= 4 is 5.91 Å². The third kappa shape index (κ3) is 2.58. The molecular weight excluding hydrogens is 140 g/mol. The average Bonchev–Trinajstić information content (AvgIpc) is 2.81. The van der Waals surface area contributed by atoms with Crippen molar-refractivity contribution in [3.63, 3.8) is 0 Å². The standard InChI is InChI=1S/C8H12N2O/c1-6(4-9)5-10-8(11)7-2-3-7/h6-7H,2-3,5H2,1H3,(H,10,11). The zero-order chi connectivity index (χ0) is 8.27. The van der Waals surface area contributed by atoms with Crippen LogP contribution in [0.3, 0.4) is 0 Å². The molecule has 0 radical (unpaired) electrons. The first-order valence-electron chi connectivity index (χ1n) is 3.91. The highest BCUT2D eigenvalue weighted by atomic mass is 16.2. The lowest BCUT2D eigenvalue weighted by Gasteiger charge is -2.03. The van der Waals surface area contributed by atoms with E-state index in [1.54, 1.807) is 6.92 Å². The maximum atomic E-state index is 11.0. The molecule has 0 heterocycles. The van der Waals surface area contributed by atoms with Gasteiger partial charge in [-0.05, 0) is 19.8 Å². The van der Waals surface area contributed by atoms with Gasteiger partial charge >= 0.3 is 0 Å². The molecule has 0 aromatic heterocycles. The van der Waals surface area contributed by atoms with Crippen molar-refractivity contribution in [1.29, 1.82) is 5.26 Å². The molecule has 1 atom stereocenters. The highest BCUT2D eigenvalue weighted by Gasteiger charge is 2.29. The Hall–Kier alpha value is -1.04. The number of rotatable bonds is 3. The first kappa shape index (κ1) is 8.06. The minimum atomic E-state index is -0.0716. The van der Waals surface area contributed by atoms with E-state index in [0.29, 0.717) is 6.54 Å². The lowest BCUT2D eigenvalue weighted by atomic mass is 10.2. The van der Waals surface area contributed by atoms with Crippen molar-refractivity contribution in [3.05, 3.63) is 0 Å². The van der Waals surface area contributed by atoms with Crippen molar-refractivity contribution in [1.82, 2.24) is 5.32 Å². The predicted molar refractivity (Wildman–Crippen MR) is 40.5 cm³/mol. The van der Waals surface area contributed by atoms with Gasteiger partial charge in [0.15, 0.2) is 0 Å². The second-order valence-electron chi connectivity index (χ2n) is 3.05. The van der Waals surface area contributed by atoms with E-state index in [-0.39, 0.29) is 17.7 Å². The normalized spacial score (nSPS) is 18.5. The van der Waals surface area contributed by atoms with Crippen LogP contribution in [0.25, 0.3) is 0 Å². The van der Waals surface area contributed by atoms with Gasteiger partial charge in [0, 0.05) is 12.5 Å². The number of nitriles is 1. The molecule has 1 aliphatic rings. The number of nitrogens with one attached hydrogen (secondary N) is 1. The Morgan fingerprint density at radius 1 is 1.82 bits per heavy atom. The molecule has 1 unspecified atom stereocenters. The van der Waals surface area contributed by atoms with Gasteiger partial charge in [0.25, 0.3) is 0 Å². The zero-order valence-electron chi connectivity index (χ0n) is 6.63. The Morgan fingerprint density at radius 2 is 2.45 bits per heavy atom. The van der Waals surface area contributed by atoms with E-state index in [1.807, 2.05) is 0 Å². The summed E-state index contributed by atoms with van der Waals surface area (Å²) in [5.74, 6) is 0.297. The second-order valence-corrected chi connectivity index (χ2v) is 3.05. The fourth-order valence-electron chi connectivity index (χ4n) is 0.789. The van der Waals surface area contributed by atoms with Crippen LogP contribution in [0.15, 0.2) is 0 Å². The van der Waals surface area contributed by atoms with Gasteiger partial charge in [-0.25, -0.2) is 0 Å². The van der Waals surface area contributed by atoms with Crippen molar-refractivity contribution in [2.75, 3.05) is 6.54 Å². The molecule has 0 aromatic carbocycles. The molecule has 60 valence electrons. The summed E-state index contributed by atoms with van der Waals surface area (Å²) in [6.45, 7) is 2.29. The van der Waals surface area contributed by atoms with E-state index < -0.39 is 0 Å². The molecule has 0 aromatic rings. The van der Waals surface area contributed by atoms with Gasteiger partial charge < -0.3 is 5.32 Å². The van der Waals surface area contributed by atoms with Crippen molar-refractivity contribution < 1.29 is 4.79 Å². The van der Waals surface area contributed by atoms with Gasteiger partial charge in [-0.15, -0.1) is 0 Å². The van der Waals surface area contributed by atoms with E-state index in [2.05, 4.69) is 11.4 Å². The lowest BCUT2D eigenvalue weighted by Crippen LogP contribution is -2.28. The van der Waals surface area contributed by atoms with Crippen LogP contribution >= 0.6 is 0 Å². The Labute approximate surface area is 66.4 Å². The molecule has 1 fully saturated rings.